The molecular formula is C30H36ClN3O5S. The summed E-state index contributed by atoms with van der Waals surface area (Å²) in [5.74, 6) is -0.565. The number of nitrogens with zero attached hydrogens (tertiary/aromatic N) is 2. The zero-order valence-corrected chi connectivity index (χ0v) is 24.8. The summed E-state index contributed by atoms with van der Waals surface area (Å²) in [6.07, 6.45) is 1.71. The molecule has 0 aliphatic rings. The topological polar surface area (TPSA) is 96.0 Å². The maximum Gasteiger partial charge on any atom is 0.264 e. The van der Waals surface area contributed by atoms with Gasteiger partial charge in [0.2, 0.25) is 11.8 Å². The van der Waals surface area contributed by atoms with Crippen LogP contribution < -0.4 is 14.4 Å². The van der Waals surface area contributed by atoms with Crippen LogP contribution in [0.15, 0.2) is 77.7 Å². The first-order valence-corrected chi connectivity index (χ1v) is 14.9. The maximum absolute atomic E-state index is 14.0. The van der Waals surface area contributed by atoms with E-state index in [0.29, 0.717) is 17.3 Å². The van der Waals surface area contributed by atoms with Crippen molar-refractivity contribution < 1.29 is 22.7 Å². The van der Waals surface area contributed by atoms with E-state index in [-0.39, 0.29) is 23.0 Å². The van der Waals surface area contributed by atoms with Gasteiger partial charge in [-0.1, -0.05) is 61.3 Å². The molecule has 0 radical (unpaired) electrons. The monoisotopic (exact) mass is 585 g/mol. The third kappa shape index (κ3) is 7.76. The predicted molar refractivity (Wildman–Crippen MR) is 158 cm³/mol. The molecule has 10 heteroatoms. The Morgan fingerprint density at radius 3 is 2.33 bits per heavy atom. The van der Waals surface area contributed by atoms with E-state index >= 15 is 0 Å². The lowest BCUT2D eigenvalue weighted by Crippen LogP contribution is -2.51. The Kier molecular flexibility index (Phi) is 11.0. The largest absolute Gasteiger partial charge is 0.495 e. The van der Waals surface area contributed by atoms with Crippen molar-refractivity contribution in [2.45, 2.75) is 51.1 Å². The van der Waals surface area contributed by atoms with Crippen molar-refractivity contribution in [3.8, 4) is 5.75 Å². The number of nitrogens with one attached hydrogen (secondary N) is 1. The fourth-order valence-corrected chi connectivity index (χ4v) is 5.70. The van der Waals surface area contributed by atoms with Crippen LogP contribution in [0, 0.1) is 6.92 Å². The number of anilines is 1. The lowest BCUT2D eigenvalue weighted by Gasteiger charge is -2.32. The van der Waals surface area contributed by atoms with Crippen LogP contribution in [0.4, 0.5) is 5.69 Å². The first-order valence-electron chi connectivity index (χ1n) is 13.1. The molecule has 3 aromatic carbocycles. The zero-order valence-electron chi connectivity index (χ0n) is 23.3. The predicted octanol–water partition coefficient (Wildman–Crippen LogP) is 5.19. The van der Waals surface area contributed by atoms with Crippen LogP contribution in [0.25, 0.3) is 0 Å². The number of rotatable bonds is 13. The Morgan fingerprint density at radius 1 is 1.02 bits per heavy atom. The van der Waals surface area contributed by atoms with Crippen molar-refractivity contribution in [3.05, 3.63) is 88.9 Å². The third-order valence-electron chi connectivity index (χ3n) is 6.48. The lowest BCUT2D eigenvalue weighted by molar-refractivity contribution is -0.139. The normalized spacial score (nSPS) is 11.9. The second-order valence-electron chi connectivity index (χ2n) is 9.47. The number of hydrogen-bond donors (Lipinski definition) is 1. The molecule has 0 bridgehead atoms. The van der Waals surface area contributed by atoms with Crippen LogP contribution in [0.1, 0.15) is 37.8 Å². The molecule has 8 nitrogen and oxygen atoms in total. The number of halogens is 1. The Morgan fingerprint density at radius 2 is 1.70 bits per heavy atom. The van der Waals surface area contributed by atoms with Crippen LogP contribution in [0.5, 0.6) is 5.75 Å². The highest BCUT2D eigenvalue weighted by Gasteiger charge is 2.33. The van der Waals surface area contributed by atoms with Crippen LogP contribution in [0.2, 0.25) is 5.02 Å². The number of aryl methyl sites for hydroxylation is 1. The van der Waals surface area contributed by atoms with E-state index in [1.165, 1.54) is 24.1 Å². The number of ether oxygens (including phenoxy) is 1. The molecule has 1 N–H and O–H groups in total. The van der Waals surface area contributed by atoms with E-state index in [4.69, 9.17) is 16.3 Å². The van der Waals surface area contributed by atoms with Gasteiger partial charge in [0.15, 0.2) is 0 Å². The highest BCUT2D eigenvalue weighted by molar-refractivity contribution is 7.92. The quantitative estimate of drug-likeness (QED) is 0.279. The average Bonchev–Trinajstić information content (AvgIpc) is 2.95. The smallest absolute Gasteiger partial charge is 0.264 e. The molecule has 0 saturated carbocycles. The van der Waals surface area contributed by atoms with Gasteiger partial charge in [0, 0.05) is 18.1 Å². The number of carbonyl (C=O) groups is 2. The van der Waals surface area contributed by atoms with Crippen LogP contribution in [0.3, 0.4) is 0 Å². The molecular weight excluding hydrogens is 550 g/mol. The molecule has 0 spiro atoms. The Balaban J connectivity index is 2.05. The molecule has 0 fully saturated rings. The van der Waals surface area contributed by atoms with Crippen molar-refractivity contribution in [2.75, 3.05) is 24.5 Å². The van der Waals surface area contributed by atoms with Gasteiger partial charge in [-0.15, -0.1) is 0 Å². The van der Waals surface area contributed by atoms with Gasteiger partial charge in [-0.2, -0.15) is 0 Å². The van der Waals surface area contributed by atoms with E-state index in [1.807, 2.05) is 13.8 Å². The Bertz CT molecular complexity index is 1400. The minimum absolute atomic E-state index is 0.0287. The highest BCUT2D eigenvalue weighted by atomic mass is 35.5. The van der Waals surface area contributed by atoms with Crippen molar-refractivity contribution in [3.63, 3.8) is 0 Å². The number of sulfonamides is 1. The molecule has 0 aliphatic heterocycles. The molecule has 0 heterocycles. The van der Waals surface area contributed by atoms with E-state index < -0.39 is 28.5 Å². The van der Waals surface area contributed by atoms with Gasteiger partial charge in [0.25, 0.3) is 10.0 Å². The fourth-order valence-electron chi connectivity index (χ4n) is 4.13. The minimum Gasteiger partial charge on any atom is -0.495 e. The standard InChI is InChI=1S/C30H36ClN3O5S/c1-5-6-18-32-30(36)23(3)33(20-24-13-15-25(31)16-14-24)29(35)21-34(27-19-22(2)12-17-28(27)39-4)40(37,38)26-10-8-7-9-11-26/h7-17,19,23H,5-6,18,20-21H2,1-4H3,(H,32,36)/t23-/m1/s1. The fraction of sp³-hybridized carbons (Fsp3) is 0.333. The summed E-state index contributed by atoms with van der Waals surface area (Å²) in [6.45, 7) is 5.51. The van der Waals surface area contributed by atoms with Gasteiger partial charge in [0.05, 0.1) is 17.7 Å². The molecule has 0 saturated heterocycles. The van der Waals surface area contributed by atoms with Crippen molar-refractivity contribution in [2.24, 2.45) is 0 Å². The summed E-state index contributed by atoms with van der Waals surface area (Å²) in [7, 11) is -2.74. The van der Waals surface area contributed by atoms with Gasteiger partial charge in [-0.3, -0.25) is 13.9 Å². The van der Waals surface area contributed by atoms with Crippen LogP contribution in [-0.4, -0.2) is 51.4 Å². The minimum atomic E-state index is -4.19. The number of carbonyl (C=O) groups excluding carboxylic acids is 2. The molecule has 2 amide bonds. The summed E-state index contributed by atoms with van der Waals surface area (Å²) in [5.41, 5.74) is 1.76. The van der Waals surface area contributed by atoms with E-state index in [1.54, 1.807) is 67.6 Å². The number of unbranched alkanes of at least 4 members (excludes halogenated alkanes) is 1. The van der Waals surface area contributed by atoms with Gasteiger partial charge in [-0.25, -0.2) is 8.42 Å². The lowest BCUT2D eigenvalue weighted by atomic mass is 10.1. The molecule has 0 aromatic heterocycles. The molecule has 1 atom stereocenters. The molecule has 214 valence electrons. The third-order valence-corrected chi connectivity index (χ3v) is 8.50. The Labute approximate surface area is 241 Å². The molecule has 0 unspecified atom stereocenters. The van der Waals surface area contributed by atoms with Crippen molar-refractivity contribution >= 4 is 39.1 Å². The van der Waals surface area contributed by atoms with Gasteiger partial charge >= 0.3 is 0 Å². The number of benzene rings is 3. The maximum atomic E-state index is 14.0. The summed E-state index contributed by atoms with van der Waals surface area (Å²) < 4.78 is 34.4. The second kappa shape index (κ2) is 14.2. The SMILES string of the molecule is CCCCNC(=O)[C@@H](C)N(Cc1ccc(Cl)cc1)C(=O)CN(c1cc(C)ccc1OC)S(=O)(=O)c1ccccc1. The molecule has 3 aromatic rings. The van der Waals surface area contributed by atoms with Crippen molar-refractivity contribution in [1.82, 2.24) is 10.2 Å². The van der Waals surface area contributed by atoms with E-state index in [0.717, 1.165) is 28.3 Å². The summed E-state index contributed by atoms with van der Waals surface area (Å²) >= 11 is 6.05. The number of amides is 2. The second-order valence-corrected chi connectivity index (χ2v) is 11.8. The summed E-state index contributed by atoms with van der Waals surface area (Å²) in [6, 6.07) is 19.1. The van der Waals surface area contributed by atoms with Gasteiger partial charge in [-0.05, 0) is 67.8 Å². The van der Waals surface area contributed by atoms with Crippen molar-refractivity contribution in [1.29, 1.82) is 0 Å². The zero-order chi connectivity index (χ0) is 29.3. The summed E-state index contributed by atoms with van der Waals surface area (Å²) in [5, 5.41) is 3.42. The van der Waals surface area contributed by atoms with Gasteiger partial charge < -0.3 is 15.0 Å². The van der Waals surface area contributed by atoms with E-state index in [9.17, 15) is 18.0 Å². The van der Waals surface area contributed by atoms with Gasteiger partial charge in [0.1, 0.15) is 18.3 Å². The average molecular weight is 586 g/mol. The van der Waals surface area contributed by atoms with Crippen LogP contribution in [-0.2, 0) is 26.2 Å². The molecule has 3 rings (SSSR count). The highest BCUT2D eigenvalue weighted by Crippen LogP contribution is 2.33. The first-order chi connectivity index (χ1) is 19.1. The van der Waals surface area contributed by atoms with E-state index in [2.05, 4.69) is 5.32 Å². The molecule has 0 aliphatic carbocycles. The Hall–Kier alpha value is -3.56. The first kappa shape index (κ1) is 31.0. The molecule has 40 heavy (non-hydrogen) atoms. The number of methoxy groups -OCH3 is 1. The number of hydrogen-bond acceptors (Lipinski definition) is 5. The van der Waals surface area contributed by atoms with Crippen LogP contribution >= 0.6 is 11.6 Å². The summed E-state index contributed by atoms with van der Waals surface area (Å²) in [4.78, 5) is 28.5.